The van der Waals surface area contributed by atoms with Gasteiger partial charge in [0.2, 0.25) is 10.0 Å². The Bertz CT molecular complexity index is 542. The molecule has 0 saturated carbocycles. The van der Waals surface area contributed by atoms with Crippen molar-refractivity contribution in [3.05, 3.63) is 24.0 Å². The lowest BCUT2D eigenvalue weighted by Gasteiger charge is -2.31. The topological polar surface area (TPSA) is 72.6 Å². The quantitative estimate of drug-likeness (QED) is 0.848. The number of rotatable bonds is 3. The van der Waals surface area contributed by atoms with Crippen LogP contribution >= 0.6 is 0 Å². The summed E-state index contributed by atoms with van der Waals surface area (Å²) in [7, 11) is -3.91. The molecule has 0 aliphatic carbocycles. The molecule has 106 valence electrons. The Kier molecular flexibility index (Phi) is 4.07. The highest BCUT2D eigenvalue weighted by Crippen LogP contribution is 2.26. The van der Waals surface area contributed by atoms with Crippen molar-refractivity contribution in [2.75, 3.05) is 25.4 Å². The Morgan fingerprint density at radius 3 is 2.89 bits per heavy atom. The first-order chi connectivity index (χ1) is 8.96. The third-order valence-electron chi connectivity index (χ3n) is 3.15. The average molecular weight is 288 g/mol. The van der Waals surface area contributed by atoms with Gasteiger partial charge in [0, 0.05) is 13.1 Å². The third kappa shape index (κ3) is 2.72. The first-order valence-corrected chi connectivity index (χ1v) is 7.56. The molecule has 1 aromatic rings. The second-order valence-corrected chi connectivity index (χ2v) is 6.30. The number of hydrogen-bond acceptors (Lipinski definition) is 4. The minimum absolute atomic E-state index is 0.0699. The Balaban J connectivity index is 2.37. The second kappa shape index (κ2) is 5.44. The van der Waals surface area contributed by atoms with Crippen molar-refractivity contribution >= 4 is 15.7 Å². The number of benzene rings is 1. The Morgan fingerprint density at radius 1 is 1.53 bits per heavy atom. The molecule has 2 N–H and O–H groups in total. The molecule has 0 amide bonds. The van der Waals surface area contributed by atoms with Crippen LogP contribution < -0.4 is 5.73 Å². The molecule has 1 saturated heterocycles. The van der Waals surface area contributed by atoms with E-state index in [9.17, 15) is 12.8 Å². The zero-order chi connectivity index (χ0) is 14.0. The van der Waals surface area contributed by atoms with Crippen LogP contribution in [0.4, 0.5) is 10.1 Å². The van der Waals surface area contributed by atoms with Gasteiger partial charge in [-0.2, -0.15) is 4.31 Å². The zero-order valence-electron chi connectivity index (χ0n) is 10.7. The van der Waals surface area contributed by atoms with Crippen LogP contribution in [0.1, 0.15) is 13.3 Å². The van der Waals surface area contributed by atoms with E-state index in [-0.39, 0.29) is 24.9 Å². The summed E-state index contributed by atoms with van der Waals surface area (Å²) < 4.78 is 45.3. The first kappa shape index (κ1) is 14.2. The van der Waals surface area contributed by atoms with Crippen LogP contribution in [-0.4, -0.2) is 38.5 Å². The fourth-order valence-electron chi connectivity index (χ4n) is 2.08. The summed E-state index contributed by atoms with van der Waals surface area (Å²) in [4.78, 5) is -0.438. The van der Waals surface area contributed by atoms with Gasteiger partial charge in [-0.05, 0) is 18.6 Å². The SMILES string of the molecule is CCC1CN(S(=O)(=O)c2c(N)cccc2F)CCO1. The molecule has 0 spiro atoms. The van der Waals surface area contributed by atoms with Crippen LogP contribution in [-0.2, 0) is 14.8 Å². The van der Waals surface area contributed by atoms with Crippen molar-refractivity contribution in [3.8, 4) is 0 Å². The van der Waals surface area contributed by atoms with E-state index in [4.69, 9.17) is 10.5 Å². The number of hydrogen-bond donors (Lipinski definition) is 1. The Labute approximate surface area is 112 Å². The monoisotopic (exact) mass is 288 g/mol. The van der Waals surface area contributed by atoms with Gasteiger partial charge >= 0.3 is 0 Å². The molecular formula is C12H17FN2O3S. The minimum atomic E-state index is -3.91. The van der Waals surface area contributed by atoms with E-state index in [1.165, 1.54) is 16.4 Å². The molecule has 7 heteroatoms. The third-order valence-corrected chi connectivity index (χ3v) is 5.11. The maximum absolute atomic E-state index is 13.8. The van der Waals surface area contributed by atoms with Gasteiger partial charge in [-0.1, -0.05) is 13.0 Å². The van der Waals surface area contributed by atoms with E-state index in [1.54, 1.807) is 0 Å². The second-order valence-electron chi connectivity index (χ2n) is 4.42. The number of anilines is 1. The molecule has 1 aliphatic heterocycles. The number of sulfonamides is 1. The standard InChI is InChI=1S/C12H17FN2O3S/c1-2-9-8-15(6-7-18-9)19(16,17)12-10(13)4-3-5-11(12)14/h3-5,9H,2,6-8,14H2,1H3. The van der Waals surface area contributed by atoms with Crippen LogP contribution in [0.15, 0.2) is 23.1 Å². The highest BCUT2D eigenvalue weighted by molar-refractivity contribution is 7.89. The minimum Gasteiger partial charge on any atom is -0.398 e. The van der Waals surface area contributed by atoms with Gasteiger partial charge in [-0.15, -0.1) is 0 Å². The molecule has 1 fully saturated rings. The van der Waals surface area contributed by atoms with Gasteiger partial charge in [0.15, 0.2) is 0 Å². The summed E-state index contributed by atoms with van der Waals surface area (Å²) in [6, 6.07) is 3.87. The van der Waals surface area contributed by atoms with Crippen molar-refractivity contribution in [1.82, 2.24) is 4.31 Å². The van der Waals surface area contributed by atoms with Gasteiger partial charge in [0.25, 0.3) is 0 Å². The van der Waals surface area contributed by atoms with Gasteiger partial charge < -0.3 is 10.5 Å². The molecule has 1 heterocycles. The van der Waals surface area contributed by atoms with E-state index >= 15 is 0 Å². The molecule has 1 aliphatic rings. The van der Waals surface area contributed by atoms with Gasteiger partial charge in [-0.25, -0.2) is 12.8 Å². The molecule has 0 bridgehead atoms. The normalized spacial score (nSPS) is 21.5. The highest BCUT2D eigenvalue weighted by Gasteiger charge is 2.33. The maximum atomic E-state index is 13.8. The first-order valence-electron chi connectivity index (χ1n) is 6.12. The van der Waals surface area contributed by atoms with Crippen molar-refractivity contribution in [1.29, 1.82) is 0 Å². The van der Waals surface area contributed by atoms with Crippen LogP contribution in [0.2, 0.25) is 0 Å². The number of ether oxygens (including phenoxy) is 1. The molecular weight excluding hydrogens is 271 g/mol. The van der Waals surface area contributed by atoms with Crippen LogP contribution in [0, 0.1) is 5.82 Å². The maximum Gasteiger partial charge on any atom is 0.248 e. The Hall–Kier alpha value is -1.18. The predicted molar refractivity (Wildman–Crippen MR) is 69.6 cm³/mol. The number of nitrogens with two attached hydrogens (primary N) is 1. The summed E-state index contributed by atoms with van der Waals surface area (Å²) in [6.07, 6.45) is 0.551. The summed E-state index contributed by atoms with van der Waals surface area (Å²) in [5.74, 6) is -0.820. The summed E-state index contributed by atoms with van der Waals surface area (Å²) in [6.45, 7) is 2.67. The molecule has 1 atom stereocenters. The molecule has 5 nitrogen and oxygen atoms in total. The van der Waals surface area contributed by atoms with Crippen LogP contribution in [0.3, 0.4) is 0 Å². The zero-order valence-corrected chi connectivity index (χ0v) is 11.5. The summed E-state index contributed by atoms with van der Waals surface area (Å²) >= 11 is 0. The van der Waals surface area contributed by atoms with E-state index < -0.39 is 20.7 Å². The van der Waals surface area contributed by atoms with Crippen molar-refractivity contribution in [3.63, 3.8) is 0 Å². The average Bonchev–Trinajstić information content (AvgIpc) is 2.38. The van der Waals surface area contributed by atoms with E-state index in [1.807, 2.05) is 6.92 Å². The summed E-state index contributed by atoms with van der Waals surface area (Å²) in [5.41, 5.74) is 5.53. The lowest BCUT2D eigenvalue weighted by Crippen LogP contribution is -2.45. The summed E-state index contributed by atoms with van der Waals surface area (Å²) in [5, 5.41) is 0. The van der Waals surface area contributed by atoms with Crippen molar-refractivity contribution in [2.24, 2.45) is 0 Å². The Morgan fingerprint density at radius 2 is 2.26 bits per heavy atom. The number of halogens is 1. The van der Waals surface area contributed by atoms with Crippen molar-refractivity contribution < 1.29 is 17.5 Å². The number of nitrogens with zero attached hydrogens (tertiary/aromatic N) is 1. The predicted octanol–water partition coefficient (Wildman–Crippen LogP) is 1.21. The molecule has 19 heavy (non-hydrogen) atoms. The van der Waals surface area contributed by atoms with Crippen LogP contribution in [0.5, 0.6) is 0 Å². The fraction of sp³-hybridized carbons (Fsp3) is 0.500. The highest BCUT2D eigenvalue weighted by atomic mass is 32.2. The van der Waals surface area contributed by atoms with E-state index in [2.05, 4.69) is 0 Å². The van der Waals surface area contributed by atoms with Gasteiger partial charge in [0.05, 0.1) is 18.4 Å². The number of morpholine rings is 1. The van der Waals surface area contributed by atoms with E-state index in [0.29, 0.717) is 13.0 Å². The molecule has 2 rings (SSSR count). The molecule has 0 aromatic heterocycles. The molecule has 1 unspecified atom stereocenters. The fourth-order valence-corrected chi connectivity index (χ4v) is 3.70. The smallest absolute Gasteiger partial charge is 0.248 e. The lowest BCUT2D eigenvalue weighted by molar-refractivity contribution is -0.00282. The molecule has 0 radical (unpaired) electrons. The number of nitrogen functional groups attached to an aromatic ring is 1. The van der Waals surface area contributed by atoms with Crippen molar-refractivity contribution in [2.45, 2.75) is 24.3 Å². The lowest BCUT2D eigenvalue weighted by atomic mass is 10.2. The van der Waals surface area contributed by atoms with Gasteiger partial charge in [-0.3, -0.25) is 0 Å². The van der Waals surface area contributed by atoms with Gasteiger partial charge in [0.1, 0.15) is 10.7 Å². The molecule has 1 aromatic carbocycles. The van der Waals surface area contributed by atoms with E-state index in [0.717, 1.165) is 6.07 Å². The largest absolute Gasteiger partial charge is 0.398 e. The van der Waals surface area contributed by atoms with Crippen LogP contribution in [0.25, 0.3) is 0 Å².